The van der Waals surface area contributed by atoms with Gasteiger partial charge in [-0.05, 0) is 65.6 Å². The van der Waals surface area contributed by atoms with Crippen molar-refractivity contribution >= 4 is 12.2 Å². The number of nitrogens with zero attached hydrogens (tertiary/aromatic N) is 3. The first-order valence-electron chi connectivity index (χ1n) is 15.7. The first-order chi connectivity index (χ1) is 22.6. The molecule has 4 aromatic carbocycles. The molecule has 0 aliphatic carbocycles. The molecule has 0 spiro atoms. The van der Waals surface area contributed by atoms with Gasteiger partial charge < -0.3 is 23.5 Å². The normalized spacial score (nSPS) is 13.3. The lowest BCUT2D eigenvalue weighted by atomic mass is 10.1. The second-order valence-corrected chi connectivity index (χ2v) is 11.5. The summed E-state index contributed by atoms with van der Waals surface area (Å²) in [6, 6.07) is 29.1. The molecule has 0 amide bonds. The number of benzene rings is 4. The van der Waals surface area contributed by atoms with Crippen molar-refractivity contribution in [2.75, 3.05) is 13.6 Å². The number of halogens is 1. The first kappa shape index (κ1) is 29.6. The standard InChI is InChI=1S/C38H36FN3O4/c1-2-3-19-42-33(32(16-11-27-9-14-31(39)15-10-27)40-38(42)30-7-5-4-6-8-30)24-41(22-28-12-17-34-36(20-28)45-25-43-34)23-29-13-18-35-37(21-29)46-26-44-35/h4-18,20-21H,2-3,19,22-26H2,1H3/b16-11+. The third kappa shape index (κ3) is 6.62. The first-order valence-corrected chi connectivity index (χ1v) is 15.7. The molecular formula is C38H36FN3O4. The quantitative estimate of drug-likeness (QED) is 0.140. The van der Waals surface area contributed by atoms with E-state index in [9.17, 15) is 4.39 Å². The summed E-state index contributed by atoms with van der Waals surface area (Å²) in [7, 11) is 0. The van der Waals surface area contributed by atoms with Gasteiger partial charge in [0.25, 0.3) is 0 Å². The number of unbranched alkanes of at least 4 members (excludes halogenated alkanes) is 1. The van der Waals surface area contributed by atoms with E-state index in [4.69, 9.17) is 23.9 Å². The van der Waals surface area contributed by atoms with Gasteiger partial charge in [-0.3, -0.25) is 4.90 Å². The van der Waals surface area contributed by atoms with Crippen molar-refractivity contribution in [2.45, 2.75) is 45.9 Å². The molecule has 0 N–H and O–H groups in total. The number of imidazole rings is 1. The van der Waals surface area contributed by atoms with E-state index in [1.807, 2.05) is 36.4 Å². The summed E-state index contributed by atoms with van der Waals surface area (Å²) in [5, 5.41) is 0. The highest BCUT2D eigenvalue weighted by Crippen LogP contribution is 2.35. The zero-order valence-corrected chi connectivity index (χ0v) is 25.8. The van der Waals surface area contributed by atoms with Crippen LogP contribution in [0.3, 0.4) is 0 Å². The fourth-order valence-corrected chi connectivity index (χ4v) is 5.89. The van der Waals surface area contributed by atoms with Gasteiger partial charge in [-0.2, -0.15) is 0 Å². The van der Waals surface area contributed by atoms with Gasteiger partial charge in [0.15, 0.2) is 23.0 Å². The number of hydrogen-bond acceptors (Lipinski definition) is 6. The molecular weight excluding hydrogens is 581 g/mol. The largest absolute Gasteiger partial charge is 0.454 e. The van der Waals surface area contributed by atoms with E-state index in [1.165, 1.54) is 12.1 Å². The monoisotopic (exact) mass is 617 g/mol. The fraction of sp³-hybridized carbons (Fsp3) is 0.237. The highest BCUT2D eigenvalue weighted by Gasteiger charge is 2.22. The minimum atomic E-state index is -0.254. The smallest absolute Gasteiger partial charge is 0.231 e. The zero-order valence-electron chi connectivity index (χ0n) is 25.8. The van der Waals surface area contributed by atoms with E-state index < -0.39 is 0 Å². The maximum absolute atomic E-state index is 13.6. The average Bonchev–Trinajstić information content (AvgIpc) is 3.82. The van der Waals surface area contributed by atoms with Crippen molar-refractivity contribution in [3.05, 3.63) is 125 Å². The maximum atomic E-state index is 13.6. The van der Waals surface area contributed by atoms with Gasteiger partial charge in [-0.25, -0.2) is 9.37 Å². The zero-order chi connectivity index (χ0) is 31.3. The third-order valence-corrected chi connectivity index (χ3v) is 8.23. The molecule has 5 aromatic rings. The second-order valence-electron chi connectivity index (χ2n) is 11.5. The molecule has 0 radical (unpaired) electrons. The molecule has 0 saturated carbocycles. The Morgan fingerprint density at radius 2 is 1.37 bits per heavy atom. The van der Waals surface area contributed by atoms with Gasteiger partial charge in [0.1, 0.15) is 11.6 Å². The SMILES string of the molecule is CCCCn1c(-c2ccccc2)nc(/C=C/c2ccc(F)cc2)c1CN(Cc1ccc2c(c1)OCO2)Cc1ccc2c(c1)OCO2. The van der Waals surface area contributed by atoms with E-state index in [1.54, 1.807) is 12.1 Å². The highest BCUT2D eigenvalue weighted by molar-refractivity contribution is 5.71. The van der Waals surface area contributed by atoms with Crippen molar-refractivity contribution in [1.29, 1.82) is 0 Å². The van der Waals surface area contributed by atoms with E-state index in [0.29, 0.717) is 19.6 Å². The maximum Gasteiger partial charge on any atom is 0.231 e. The average molecular weight is 618 g/mol. The molecule has 46 heavy (non-hydrogen) atoms. The van der Waals surface area contributed by atoms with Gasteiger partial charge in [0.05, 0.1) is 11.4 Å². The van der Waals surface area contributed by atoms with E-state index in [-0.39, 0.29) is 19.4 Å². The summed E-state index contributed by atoms with van der Waals surface area (Å²) in [5.41, 5.74) is 6.23. The number of hydrogen-bond donors (Lipinski definition) is 0. The Hall–Kier alpha value is -5.08. The van der Waals surface area contributed by atoms with Gasteiger partial charge in [0, 0.05) is 31.7 Å². The van der Waals surface area contributed by atoms with Crippen LogP contribution in [0.25, 0.3) is 23.5 Å². The Labute approximate surface area is 268 Å². The molecule has 0 saturated heterocycles. The third-order valence-electron chi connectivity index (χ3n) is 8.23. The Kier molecular flexibility index (Phi) is 8.69. The van der Waals surface area contributed by atoms with Crippen LogP contribution in [-0.2, 0) is 26.2 Å². The van der Waals surface area contributed by atoms with Crippen molar-refractivity contribution in [3.8, 4) is 34.4 Å². The lowest BCUT2D eigenvalue weighted by Gasteiger charge is -2.24. The predicted octanol–water partition coefficient (Wildman–Crippen LogP) is 8.32. The van der Waals surface area contributed by atoms with E-state index >= 15 is 0 Å². The Morgan fingerprint density at radius 3 is 2.00 bits per heavy atom. The molecule has 2 aliphatic heterocycles. The predicted molar refractivity (Wildman–Crippen MR) is 176 cm³/mol. The topological polar surface area (TPSA) is 58.0 Å². The number of aromatic nitrogens is 2. The van der Waals surface area contributed by atoms with Crippen LogP contribution in [0.2, 0.25) is 0 Å². The summed E-state index contributed by atoms with van der Waals surface area (Å²) in [6.45, 7) is 5.51. The van der Waals surface area contributed by atoms with Gasteiger partial charge in [0.2, 0.25) is 13.6 Å². The fourth-order valence-electron chi connectivity index (χ4n) is 5.89. The molecule has 234 valence electrons. The van der Waals surface area contributed by atoms with Crippen LogP contribution in [0.1, 0.15) is 47.8 Å². The number of ether oxygens (including phenoxy) is 4. The summed E-state index contributed by atoms with van der Waals surface area (Å²) >= 11 is 0. The van der Waals surface area contributed by atoms with E-state index in [0.717, 1.165) is 81.9 Å². The summed E-state index contributed by atoms with van der Waals surface area (Å²) in [4.78, 5) is 7.65. The Balaban J connectivity index is 1.29. The van der Waals surface area contributed by atoms with Crippen molar-refractivity contribution in [3.63, 3.8) is 0 Å². The van der Waals surface area contributed by atoms with Crippen LogP contribution in [-0.4, -0.2) is 28.0 Å². The van der Waals surface area contributed by atoms with Crippen molar-refractivity contribution in [1.82, 2.24) is 14.5 Å². The Morgan fingerprint density at radius 1 is 0.739 bits per heavy atom. The summed E-state index contributed by atoms with van der Waals surface area (Å²) in [6.07, 6.45) is 6.14. The summed E-state index contributed by atoms with van der Waals surface area (Å²) < 4.78 is 38.6. The van der Waals surface area contributed by atoms with Gasteiger partial charge in [-0.15, -0.1) is 0 Å². The summed E-state index contributed by atoms with van der Waals surface area (Å²) in [5.74, 6) is 3.75. The molecule has 2 aliphatic rings. The van der Waals surface area contributed by atoms with Crippen LogP contribution < -0.4 is 18.9 Å². The molecule has 1 aromatic heterocycles. The van der Waals surface area contributed by atoms with Crippen molar-refractivity contribution in [2.24, 2.45) is 0 Å². The minimum Gasteiger partial charge on any atom is -0.454 e. The second kappa shape index (κ2) is 13.5. The minimum absolute atomic E-state index is 0.238. The van der Waals surface area contributed by atoms with E-state index in [2.05, 4.69) is 58.9 Å². The Bertz CT molecular complexity index is 1780. The lowest BCUT2D eigenvalue weighted by Crippen LogP contribution is -2.24. The number of rotatable bonds is 12. The highest BCUT2D eigenvalue weighted by atomic mass is 19.1. The van der Waals surface area contributed by atoms with Crippen LogP contribution in [0, 0.1) is 5.82 Å². The molecule has 0 unspecified atom stereocenters. The van der Waals surface area contributed by atoms with Crippen molar-refractivity contribution < 1.29 is 23.3 Å². The van der Waals surface area contributed by atoms with Crippen LogP contribution >= 0.6 is 0 Å². The molecule has 7 nitrogen and oxygen atoms in total. The van der Waals surface area contributed by atoms with Crippen LogP contribution in [0.4, 0.5) is 4.39 Å². The lowest BCUT2D eigenvalue weighted by molar-refractivity contribution is 0.173. The molecule has 3 heterocycles. The molecule has 0 fully saturated rings. The number of fused-ring (bicyclic) bond motifs is 2. The molecule has 0 bridgehead atoms. The van der Waals surface area contributed by atoms with Gasteiger partial charge in [-0.1, -0.05) is 74.0 Å². The van der Waals surface area contributed by atoms with Crippen LogP contribution in [0.5, 0.6) is 23.0 Å². The molecule has 7 rings (SSSR count). The molecule has 0 atom stereocenters. The van der Waals surface area contributed by atoms with Gasteiger partial charge >= 0.3 is 0 Å². The van der Waals surface area contributed by atoms with Crippen LogP contribution in [0.15, 0.2) is 91.0 Å². The molecule has 8 heteroatoms.